The van der Waals surface area contributed by atoms with E-state index in [4.69, 9.17) is 0 Å². The monoisotopic (exact) mass is 207 g/mol. The highest BCUT2D eigenvalue weighted by Gasteiger charge is 2.00. The van der Waals surface area contributed by atoms with Crippen LogP contribution >= 0.6 is 11.3 Å². The molecule has 2 rings (SSSR count). The van der Waals surface area contributed by atoms with Gasteiger partial charge in [0.2, 0.25) is 0 Å². The highest BCUT2D eigenvalue weighted by Crippen LogP contribution is 2.09. The maximum atomic E-state index is 4.10. The van der Waals surface area contributed by atoms with Gasteiger partial charge >= 0.3 is 0 Å². The van der Waals surface area contributed by atoms with E-state index in [-0.39, 0.29) is 0 Å². The quantitative estimate of drug-likeness (QED) is 0.769. The van der Waals surface area contributed by atoms with E-state index in [2.05, 4.69) is 34.1 Å². The lowest BCUT2D eigenvalue weighted by molar-refractivity contribution is 0.626. The Kier molecular flexibility index (Phi) is 2.93. The zero-order valence-corrected chi connectivity index (χ0v) is 9.00. The lowest BCUT2D eigenvalue weighted by Crippen LogP contribution is -1.93. The summed E-state index contributed by atoms with van der Waals surface area (Å²) in [6.45, 7) is 2.96. The SMILES string of the molecule is CCn1cc(CCc2ccsc2)nn1. The van der Waals surface area contributed by atoms with Crippen LogP contribution in [0.25, 0.3) is 0 Å². The van der Waals surface area contributed by atoms with Gasteiger partial charge in [0.15, 0.2) is 0 Å². The second kappa shape index (κ2) is 4.37. The molecule has 0 bridgehead atoms. The lowest BCUT2D eigenvalue weighted by Gasteiger charge is -1.92. The van der Waals surface area contributed by atoms with Gasteiger partial charge in [0.25, 0.3) is 0 Å². The number of aryl methyl sites for hydroxylation is 3. The Morgan fingerprint density at radius 1 is 1.43 bits per heavy atom. The Bertz CT molecular complexity index is 378. The molecular weight excluding hydrogens is 194 g/mol. The summed E-state index contributed by atoms with van der Waals surface area (Å²) in [5.41, 5.74) is 2.47. The largest absolute Gasteiger partial charge is 0.253 e. The van der Waals surface area contributed by atoms with E-state index in [1.54, 1.807) is 11.3 Å². The van der Waals surface area contributed by atoms with E-state index in [9.17, 15) is 0 Å². The van der Waals surface area contributed by atoms with Crippen LogP contribution in [0.2, 0.25) is 0 Å². The molecule has 2 aromatic rings. The lowest BCUT2D eigenvalue weighted by atomic mass is 10.1. The molecule has 74 valence electrons. The van der Waals surface area contributed by atoms with Crippen molar-refractivity contribution in [1.29, 1.82) is 0 Å². The van der Waals surface area contributed by atoms with Crippen LogP contribution in [0.15, 0.2) is 23.0 Å². The molecule has 0 saturated carbocycles. The molecule has 4 heteroatoms. The highest BCUT2D eigenvalue weighted by atomic mass is 32.1. The van der Waals surface area contributed by atoms with Crippen molar-refractivity contribution in [3.63, 3.8) is 0 Å². The molecule has 0 unspecified atom stereocenters. The molecule has 0 spiro atoms. The molecule has 0 N–H and O–H groups in total. The Hall–Kier alpha value is -1.16. The normalized spacial score (nSPS) is 10.6. The van der Waals surface area contributed by atoms with E-state index in [1.165, 1.54) is 5.56 Å². The molecule has 14 heavy (non-hydrogen) atoms. The molecule has 0 fully saturated rings. The summed E-state index contributed by atoms with van der Waals surface area (Å²) in [5.74, 6) is 0. The van der Waals surface area contributed by atoms with Crippen molar-refractivity contribution in [3.8, 4) is 0 Å². The van der Waals surface area contributed by atoms with Crippen molar-refractivity contribution in [2.45, 2.75) is 26.3 Å². The summed E-state index contributed by atoms with van der Waals surface area (Å²) < 4.78 is 1.86. The Morgan fingerprint density at radius 3 is 3.00 bits per heavy atom. The van der Waals surface area contributed by atoms with Crippen LogP contribution in [-0.2, 0) is 19.4 Å². The molecule has 3 nitrogen and oxygen atoms in total. The number of hydrogen-bond acceptors (Lipinski definition) is 3. The van der Waals surface area contributed by atoms with Gasteiger partial charge in [-0.3, -0.25) is 4.68 Å². The van der Waals surface area contributed by atoms with Gasteiger partial charge < -0.3 is 0 Å². The Labute approximate surface area is 87.4 Å². The first-order valence-corrected chi connectivity index (χ1v) is 5.73. The molecule has 0 aliphatic rings. The van der Waals surface area contributed by atoms with Gasteiger partial charge in [-0.05, 0) is 42.2 Å². The number of aromatic nitrogens is 3. The Morgan fingerprint density at radius 2 is 2.36 bits per heavy atom. The van der Waals surface area contributed by atoms with Crippen molar-refractivity contribution in [2.75, 3.05) is 0 Å². The molecule has 0 atom stereocenters. The summed E-state index contributed by atoms with van der Waals surface area (Å²) in [5, 5.41) is 12.4. The molecule has 2 heterocycles. The van der Waals surface area contributed by atoms with Crippen LogP contribution < -0.4 is 0 Å². The average Bonchev–Trinajstić information content (AvgIpc) is 2.86. The minimum atomic E-state index is 0.894. The van der Waals surface area contributed by atoms with Crippen LogP contribution in [0.1, 0.15) is 18.2 Å². The van der Waals surface area contributed by atoms with E-state index < -0.39 is 0 Å². The number of rotatable bonds is 4. The molecule has 0 amide bonds. The summed E-state index contributed by atoms with van der Waals surface area (Å²) in [6.07, 6.45) is 4.06. The molecule has 0 saturated heterocycles. The molecular formula is C10H13N3S. The zero-order valence-electron chi connectivity index (χ0n) is 8.18. The second-order valence-electron chi connectivity index (χ2n) is 3.20. The van der Waals surface area contributed by atoms with Gasteiger partial charge in [-0.1, -0.05) is 5.21 Å². The topological polar surface area (TPSA) is 30.7 Å². The van der Waals surface area contributed by atoms with Crippen molar-refractivity contribution in [3.05, 3.63) is 34.3 Å². The van der Waals surface area contributed by atoms with Gasteiger partial charge in [-0.15, -0.1) is 5.10 Å². The number of nitrogens with zero attached hydrogens (tertiary/aromatic N) is 3. The first-order valence-electron chi connectivity index (χ1n) is 4.78. The summed E-state index contributed by atoms with van der Waals surface area (Å²) in [4.78, 5) is 0. The fourth-order valence-electron chi connectivity index (χ4n) is 1.31. The smallest absolute Gasteiger partial charge is 0.0830 e. The van der Waals surface area contributed by atoms with Gasteiger partial charge in [-0.2, -0.15) is 11.3 Å². The fraction of sp³-hybridized carbons (Fsp3) is 0.400. The minimum Gasteiger partial charge on any atom is -0.253 e. The van der Waals surface area contributed by atoms with Gasteiger partial charge in [0, 0.05) is 12.7 Å². The first kappa shape index (κ1) is 9.40. The molecule has 2 aromatic heterocycles. The fourth-order valence-corrected chi connectivity index (χ4v) is 2.02. The zero-order chi connectivity index (χ0) is 9.80. The van der Waals surface area contributed by atoms with Crippen LogP contribution in [0, 0.1) is 0 Å². The minimum absolute atomic E-state index is 0.894. The molecule has 0 aromatic carbocycles. The average molecular weight is 207 g/mol. The Balaban J connectivity index is 1.92. The van der Waals surface area contributed by atoms with Crippen molar-refractivity contribution in [2.24, 2.45) is 0 Å². The van der Waals surface area contributed by atoms with E-state index in [0.717, 1.165) is 25.1 Å². The highest BCUT2D eigenvalue weighted by molar-refractivity contribution is 7.07. The maximum absolute atomic E-state index is 4.10. The predicted octanol–water partition coefficient (Wildman–Crippen LogP) is 2.14. The van der Waals surface area contributed by atoms with E-state index >= 15 is 0 Å². The standard InChI is InChI=1S/C10H13N3S/c1-2-13-7-10(11-12-13)4-3-9-5-6-14-8-9/h5-8H,2-4H2,1H3. The maximum Gasteiger partial charge on any atom is 0.0830 e. The van der Waals surface area contributed by atoms with Crippen LogP contribution in [0.3, 0.4) is 0 Å². The molecule has 0 aliphatic heterocycles. The predicted molar refractivity (Wildman–Crippen MR) is 57.4 cm³/mol. The van der Waals surface area contributed by atoms with Gasteiger partial charge in [0.05, 0.1) is 5.69 Å². The van der Waals surface area contributed by atoms with E-state index in [1.807, 2.05) is 10.9 Å². The second-order valence-corrected chi connectivity index (χ2v) is 3.98. The van der Waals surface area contributed by atoms with Crippen LogP contribution in [-0.4, -0.2) is 15.0 Å². The van der Waals surface area contributed by atoms with E-state index in [0.29, 0.717) is 0 Å². The third-order valence-electron chi connectivity index (χ3n) is 2.16. The third-order valence-corrected chi connectivity index (χ3v) is 2.89. The molecule has 0 radical (unpaired) electrons. The van der Waals surface area contributed by atoms with Crippen molar-refractivity contribution >= 4 is 11.3 Å². The third kappa shape index (κ3) is 2.20. The van der Waals surface area contributed by atoms with Crippen LogP contribution in [0.5, 0.6) is 0 Å². The van der Waals surface area contributed by atoms with Gasteiger partial charge in [0.1, 0.15) is 0 Å². The molecule has 0 aliphatic carbocycles. The van der Waals surface area contributed by atoms with Crippen molar-refractivity contribution < 1.29 is 0 Å². The van der Waals surface area contributed by atoms with Crippen LogP contribution in [0.4, 0.5) is 0 Å². The van der Waals surface area contributed by atoms with Crippen molar-refractivity contribution in [1.82, 2.24) is 15.0 Å². The number of hydrogen-bond donors (Lipinski definition) is 0. The number of thiophene rings is 1. The first-order chi connectivity index (χ1) is 6.88. The summed E-state index contributed by atoms with van der Waals surface area (Å²) in [6, 6.07) is 2.16. The van der Waals surface area contributed by atoms with Gasteiger partial charge in [-0.25, -0.2) is 0 Å². The summed E-state index contributed by atoms with van der Waals surface area (Å²) >= 11 is 1.74. The summed E-state index contributed by atoms with van der Waals surface area (Å²) in [7, 11) is 0.